The molecule has 0 radical (unpaired) electrons. The highest BCUT2D eigenvalue weighted by molar-refractivity contribution is 7.27. The highest BCUT2D eigenvalue weighted by Crippen LogP contribution is 2.49. The quantitative estimate of drug-likeness (QED) is 0.209. The molecular formula is C38H29NS. The lowest BCUT2D eigenvalue weighted by atomic mass is 9.86. The first-order valence-electron chi connectivity index (χ1n) is 14.0. The Bertz CT molecular complexity index is 2230. The molecule has 0 saturated carbocycles. The van der Waals surface area contributed by atoms with Crippen LogP contribution >= 0.6 is 11.3 Å². The van der Waals surface area contributed by atoms with Gasteiger partial charge < -0.3 is 4.57 Å². The fourth-order valence-electron chi connectivity index (χ4n) is 6.34. The topological polar surface area (TPSA) is 4.93 Å². The van der Waals surface area contributed by atoms with E-state index in [0.717, 1.165) is 0 Å². The van der Waals surface area contributed by atoms with Crippen LogP contribution in [0.4, 0.5) is 0 Å². The van der Waals surface area contributed by atoms with Gasteiger partial charge in [-0.25, -0.2) is 0 Å². The molecule has 0 amide bonds. The van der Waals surface area contributed by atoms with Crippen LogP contribution in [0.1, 0.15) is 26.3 Å². The third kappa shape index (κ3) is 3.39. The molecule has 6 aromatic carbocycles. The summed E-state index contributed by atoms with van der Waals surface area (Å²) in [6, 6.07) is 44.7. The van der Waals surface area contributed by atoms with E-state index in [2.05, 4.69) is 147 Å². The molecule has 0 fully saturated rings. The van der Waals surface area contributed by atoms with E-state index < -0.39 is 0 Å². The Morgan fingerprint density at radius 3 is 2.00 bits per heavy atom. The summed E-state index contributed by atoms with van der Waals surface area (Å²) in [5, 5.41) is 8.00. The number of para-hydroxylation sites is 1. The summed E-state index contributed by atoms with van der Waals surface area (Å²) in [4.78, 5) is 0. The van der Waals surface area contributed by atoms with Crippen LogP contribution in [0.5, 0.6) is 0 Å². The Hall–Kier alpha value is -4.40. The van der Waals surface area contributed by atoms with Crippen LogP contribution in [0.15, 0.2) is 121 Å². The smallest absolute Gasteiger partial charge is 0.0626 e. The number of hydrogen-bond acceptors (Lipinski definition) is 1. The molecule has 40 heavy (non-hydrogen) atoms. The summed E-state index contributed by atoms with van der Waals surface area (Å²) in [5.41, 5.74) is 7.68. The van der Waals surface area contributed by atoms with E-state index in [0.29, 0.717) is 0 Å². The zero-order chi connectivity index (χ0) is 27.0. The summed E-state index contributed by atoms with van der Waals surface area (Å²) < 4.78 is 5.21. The lowest BCUT2D eigenvalue weighted by Crippen LogP contribution is -2.10. The SMILES string of the molecule is CC(C)(C)c1ccc2c3c4c5cc(-c6ccccc6)ccc5sc4c4ccccc4c3n(-c3ccccc3)c2c1. The molecule has 2 aromatic heterocycles. The first-order valence-corrected chi connectivity index (χ1v) is 14.8. The first-order chi connectivity index (χ1) is 19.5. The van der Waals surface area contributed by atoms with E-state index in [1.165, 1.54) is 75.1 Å². The fourth-order valence-corrected chi connectivity index (χ4v) is 7.57. The Morgan fingerprint density at radius 1 is 0.550 bits per heavy atom. The van der Waals surface area contributed by atoms with Crippen LogP contribution in [0.2, 0.25) is 0 Å². The Balaban J connectivity index is 1.64. The highest BCUT2D eigenvalue weighted by Gasteiger charge is 2.23. The summed E-state index contributed by atoms with van der Waals surface area (Å²) in [6.07, 6.45) is 0. The molecule has 192 valence electrons. The molecule has 2 heteroatoms. The average molecular weight is 532 g/mol. The van der Waals surface area contributed by atoms with Gasteiger partial charge in [-0.2, -0.15) is 0 Å². The van der Waals surface area contributed by atoms with Crippen molar-refractivity contribution in [2.75, 3.05) is 0 Å². The third-order valence-electron chi connectivity index (χ3n) is 8.32. The summed E-state index contributed by atoms with van der Waals surface area (Å²) >= 11 is 1.92. The van der Waals surface area contributed by atoms with Crippen molar-refractivity contribution in [1.82, 2.24) is 4.57 Å². The van der Waals surface area contributed by atoms with Crippen LogP contribution in [-0.2, 0) is 5.41 Å². The second kappa shape index (κ2) is 8.55. The van der Waals surface area contributed by atoms with Crippen LogP contribution in [0.3, 0.4) is 0 Å². The molecule has 0 N–H and O–H groups in total. The molecule has 2 heterocycles. The summed E-state index contributed by atoms with van der Waals surface area (Å²) in [6.45, 7) is 6.90. The zero-order valence-corrected chi connectivity index (χ0v) is 23.7. The summed E-state index contributed by atoms with van der Waals surface area (Å²) in [7, 11) is 0. The van der Waals surface area contributed by atoms with Crippen LogP contribution in [-0.4, -0.2) is 4.57 Å². The third-order valence-corrected chi connectivity index (χ3v) is 9.52. The maximum Gasteiger partial charge on any atom is 0.0626 e. The standard InChI is InChI=1S/C38H29NS/c1-38(2,3)26-19-20-30-32(23-26)39(27-14-8-5-9-15-27)36-28-16-10-11-17-29(28)37-35(34(30)36)31-22-25(18-21-33(31)40-37)24-12-6-4-7-13-24/h4-23H,1-3H3. The predicted molar refractivity (Wildman–Crippen MR) is 175 cm³/mol. The normalized spacial score (nSPS) is 12.4. The fraction of sp³-hybridized carbons (Fsp3) is 0.105. The van der Waals surface area contributed by atoms with Crippen LogP contribution < -0.4 is 0 Å². The van der Waals surface area contributed by atoms with Crippen molar-refractivity contribution in [3.05, 3.63) is 127 Å². The van der Waals surface area contributed by atoms with Gasteiger partial charge in [-0.05, 0) is 52.4 Å². The number of benzene rings is 6. The zero-order valence-electron chi connectivity index (χ0n) is 22.9. The molecule has 0 aliphatic carbocycles. The van der Waals surface area contributed by atoms with E-state index in [1.807, 2.05) is 11.3 Å². The molecule has 0 aliphatic rings. The van der Waals surface area contributed by atoms with Gasteiger partial charge in [0.1, 0.15) is 0 Å². The Kier molecular flexibility index (Phi) is 5.02. The lowest BCUT2D eigenvalue weighted by Gasteiger charge is -2.19. The lowest BCUT2D eigenvalue weighted by molar-refractivity contribution is 0.591. The first kappa shape index (κ1) is 23.5. The van der Waals surface area contributed by atoms with Crippen molar-refractivity contribution in [3.8, 4) is 16.8 Å². The number of nitrogens with zero attached hydrogens (tertiary/aromatic N) is 1. The minimum Gasteiger partial charge on any atom is -0.309 e. The largest absolute Gasteiger partial charge is 0.309 e. The molecule has 0 saturated heterocycles. The van der Waals surface area contributed by atoms with E-state index in [4.69, 9.17) is 0 Å². The van der Waals surface area contributed by atoms with Crippen LogP contribution in [0, 0.1) is 0 Å². The van der Waals surface area contributed by atoms with E-state index in [1.54, 1.807) is 0 Å². The second-order valence-electron chi connectivity index (χ2n) is 11.8. The van der Waals surface area contributed by atoms with Gasteiger partial charge >= 0.3 is 0 Å². The molecule has 0 atom stereocenters. The van der Waals surface area contributed by atoms with E-state index >= 15 is 0 Å². The van der Waals surface area contributed by atoms with Crippen molar-refractivity contribution >= 4 is 64.1 Å². The number of rotatable bonds is 2. The van der Waals surface area contributed by atoms with Crippen molar-refractivity contribution in [2.45, 2.75) is 26.2 Å². The van der Waals surface area contributed by atoms with E-state index in [9.17, 15) is 0 Å². The molecular weight excluding hydrogens is 502 g/mol. The minimum atomic E-state index is 0.0587. The predicted octanol–water partition coefficient (Wildman–Crippen LogP) is 11.3. The number of hydrogen-bond donors (Lipinski definition) is 0. The molecule has 0 bridgehead atoms. The molecule has 0 aliphatic heterocycles. The van der Waals surface area contributed by atoms with Crippen molar-refractivity contribution in [3.63, 3.8) is 0 Å². The van der Waals surface area contributed by atoms with Gasteiger partial charge in [-0.1, -0.05) is 112 Å². The van der Waals surface area contributed by atoms with Crippen molar-refractivity contribution < 1.29 is 0 Å². The monoisotopic (exact) mass is 531 g/mol. The average Bonchev–Trinajstić information content (AvgIpc) is 3.53. The van der Waals surface area contributed by atoms with Gasteiger partial charge in [0.2, 0.25) is 0 Å². The van der Waals surface area contributed by atoms with E-state index in [-0.39, 0.29) is 5.41 Å². The number of aromatic nitrogens is 1. The van der Waals surface area contributed by atoms with Gasteiger partial charge in [-0.3, -0.25) is 0 Å². The van der Waals surface area contributed by atoms with Crippen LogP contribution in [0.25, 0.3) is 69.6 Å². The number of fused-ring (bicyclic) bond motifs is 10. The Labute approximate surface area is 237 Å². The van der Waals surface area contributed by atoms with Gasteiger partial charge in [0.05, 0.1) is 11.0 Å². The number of thiophene rings is 1. The minimum absolute atomic E-state index is 0.0587. The van der Waals surface area contributed by atoms with Gasteiger partial charge in [0, 0.05) is 47.4 Å². The van der Waals surface area contributed by atoms with Crippen molar-refractivity contribution in [2.24, 2.45) is 0 Å². The Morgan fingerprint density at radius 2 is 1.25 bits per heavy atom. The maximum absolute atomic E-state index is 2.51. The molecule has 1 nitrogen and oxygen atoms in total. The molecule has 0 unspecified atom stereocenters. The van der Waals surface area contributed by atoms with Gasteiger partial charge in [0.15, 0.2) is 0 Å². The maximum atomic E-state index is 2.51. The summed E-state index contributed by atoms with van der Waals surface area (Å²) in [5.74, 6) is 0. The van der Waals surface area contributed by atoms with Gasteiger partial charge in [-0.15, -0.1) is 11.3 Å². The molecule has 0 spiro atoms. The highest BCUT2D eigenvalue weighted by atomic mass is 32.1. The second-order valence-corrected chi connectivity index (χ2v) is 12.9. The molecule has 8 aromatic rings. The van der Waals surface area contributed by atoms with Gasteiger partial charge in [0.25, 0.3) is 0 Å². The van der Waals surface area contributed by atoms with Crippen molar-refractivity contribution in [1.29, 1.82) is 0 Å². The molecule has 8 rings (SSSR count).